The highest BCUT2D eigenvalue weighted by atomic mass is 19.4. The normalized spacial score (nSPS) is 12.0. The van der Waals surface area contributed by atoms with Gasteiger partial charge in [-0.1, -0.05) is 0 Å². The second-order valence-electron chi connectivity index (χ2n) is 4.43. The maximum atomic E-state index is 12.7. The van der Waals surface area contributed by atoms with Gasteiger partial charge in [-0.3, -0.25) is 4.98 Å². The summed E-state index contributed by atoms with van der Waals surface area (Å²) in [4.78, 5) is 8.21. The molecule has 0 unspecified atom stereocenters. The first-order valence-corrected chi connectivity index (χ1v) is 5.91. The van der Waals surface area contributed by atoms with Gasteiger partial charge in [-0.2, -0.15) is 13.2 Å². The van der Waals surface area contributed by atoms with Gasteiger partial charge in [0.05, 0.1) is 16.6 Å². The van der Waals surface area contributed by atoms with E-state index in [-0.39, 0.29) is 0 Å². The summed E-state index contributed by atoms with van der Waals surface area (Å²) in [5, 5.41) is 0. The first-order chi connectivity index (χ1) is 9.47. The van der Waals surface area contributed by atoms with E-state index in [2.05, 4.69) is 9.97 Å². The van der Waals surface area contributed by atoms with E-state index in [1.165, 1.54) is 6.07 Å². The molecule has 0 fully saturated rings. The first-order valence-electron chi connectivity index (χ1n) is 5.91. The number of aryl methyl sites for hydroxylation is 1. The standard InChI is InChI=1S/C14H10F3N3/c1-20-12-3-2-10(14(15,16)17)8-11(12)19-13(20)9-4-6-18-7-5-9/h2-8H,1H3. The molecule has 0 amide bonds. The summed E-state index contributed by atoms with van der Waals surface area (Å²) in [6.07, 6.45) is -1.12. The van der Waals surface area contributed by atoms with Gasteiger partial charge in [-0.15, -0.1) is 0 Å². The van der Waals surface area contributed by atoms with Gasteiger partial charge in [0.2, 0.25) is 0 Å². The van der Waals surface area contributed by atoms with Crippen LogP contribution in [0.2, 0.25) is 0 Å². The fourth-order valence-corrected chi connectivity index (χ4v) is 2.14. The van der Waals surface area contributed by atoms with Crippen molar-refractivity contribution in [1.29, 1.82) is 0 Å². The third kappa shape index (κ3) is 2.03. The summed E-state index contributed by atoms with van der Waals surface area (Å²) >= 11 is 0. The van der Waals surface area contributed by atoms with Gasteiger partial charge in [0.25, 0.3) is 0 Å². The topological polar surface area (TPSA) is 30.7 Å². The number of aromatic nitrogens is 3. The van der Waals surface area contributed by atoms with Crippen molar-refractivity contribution in [2.24, 2.45) is 7.05 Å². The van der Waals surface area contributed by atoms with E-state index in [1.54, 1.807) is 36.1 Å². The lowest BCUT2D eigenvalue weighted by Gasteiger charge is -2.05. The molecular formula is C14H10F3N3. The Labute approximate surface area is 112 Å². The van der Waals surface area contributed by atoms with Crippen LogP contribution in [0, 0.1) is 0 Å². The molecule has 3 aromatic rings. The zero-order chi connectivity index (χ0) is 14.3. The van der Waals surface area contributed by atoms with E-state index >= 15 is 0 Å². The van der Waals surface area contributed by atoms with Crippen molar-refractivity contribution in [2.75, 3.05) is 0 Å². The van der Waals surface area contributed by atoms with Crippen LogP contribution < -0.4 is 0 Å². The van der Waals surface area contributed by atoms with E-state index in [0.717, 1.165) is 17.7 Å². The predicted molar refractivity (Wildman–Crippen MR) is 68.9 cm³/mol. The Bertz CT molecular complexity index is 760. The van der Waals surface area contributed by atoms with Crippen molar-refractivity contribution in [3.05, 3.63) is 48.3 Å². The average molecular weight is 277 g/mol. The number of hydrogen-bond acceptors (Lipinski definition) is 2. The van der Waals surface area contributed by atoms with Crippen molar-refractivity contribution in [3.8, 4) is 11.4 Å². The lowest BCUT2D eigenvalue weighted by Crippen LogP contribution is -2.04. The van der Waals surface area contributed by atoms with Crippen LogP contribution >= 0.6 is 0 Å². The minimum Gasteiger partial charge on any atom is -0.327 e. The average Bonchev–Trinajstić information content (AvgIpc) is 2.76. The number of halogens is 3. The number of hydrogen-bond donors (Lipinski definition) is 0. The highest BCUT2D eigenvalue weighted by molar-refractivity contribution is 5.81. The van der Waals surface area contributed by atoms with E-state index in [9.17, 15) is 13.2 Å². The van der Waals surface area contributed by atoms with Crippen LogP contribution in [-0.4, -0.2) is 14.5 Å². The lowest BCUT2D eigenvalue weighted by molar-refractivity contribution is -0.137. The number of nitrogens with zero attached hydrogens (tertiary/aromatic N) is 3. The van der Waals surface area contributed by atoms with Gasteiger partial charge in [0.1, 0.15) is 5.82 Å². The summed E-state index contributed by atoms with van der Waals surface area (Å²) in [6.45, 7) is 0. The maximum absolute atomic E-state index is 12.7. The predicted octanol–water partition coefficient (Wildman–Crippen LogP) is 3.65. The lowest BCUT2D eigenvalue weighted by atomic mass is 10.2. The molecule has 0 bridgehead atoms. The van der Waals surface area contributed by atoms with Crippen LogP contribution in [-0.2, 0) is 13.2 Å². The fraction of sp³-hybridized carbons (Fsp3) is 0.143. The summed E-state index contributed by atoms with van der Waals surface area (Å²) in [5.74, 6) is 0.613. The largest absolute Gasteiger partial charge is 0.416 e. The molecule has 0 radical (unpaired) electrons. The molecule has 6 heteroatoms. The third-order valence-corrected chi connectivity index (χ3v) is 3.15. The Morgan fingerprint density at radius 3 is 2.40 bits per heavy atom. The van der Waals surface area contributed by atoms with Gasteiger partial charge < -0.3 is 4.57 Å². The van der Waals surface area contributed by atoms with E-state index < -0.39 is 11.7 Å². The van der Waals surface area contributed by atoms with Gasteiger partial charge in [-0.05, 0) is 30.3 Å². The molecule has 0 aliphatic carbocycles. The second-order valence-corrected chi connectivity index (χ2v) is 4.43. The smallest absolute Gasteiger partial charge is 0.327 e. The Kier molecular flexibility index (Phi) is 2.74. The molecule has 0 saturated carbocycles. The van der Waals surface area contributed by atoms with Crippen molar-refractivity contribution in [2.45, 2.75) is 6.18 Å². The highest BCUT2D eigenvalue weighted by Crippen LogP contribution is 2.32. The molecule has 0 N–H and O–H groups in total. The van der Waals surface area contributed by atoms with Crippen LogP contribution in [0.4, 0.5) is 13.2 Å². The third-order valence-electron chi connectivity index (χ3n) is 3.15. The summed E-state index contributed by atoms with van der Waals surface area (Å²) in [5.41, 5.74) is 1.11. The number of pyridine rings is 1. The van der Waals surface area contributed by atoms with Crippen molar-refractivity contribution >= 4 is 11.0 Å². The van der Waals surface area contributed by atoms with Crippen LogP contribution in [0.15, 0.2) is 42.7 Å². The number of fused-ring (bicyclic) bond motifs is 1. The Morgan fingerprint density at radius 1 is 1.05 bits per heavy atom. The maximum Gasteiger partial charge on any atom is 0.416 e. The molecule has 0 saturated heterocycles. The Hall–Kier alpha value is -2.37. The molecule has 3 nitrogen and oxygen atoms in total. The van der Waals surface area contributed by atoms with Gasteiger partial charge in [0.15, 0.2) is 0 Å². The molecular weight excluding hydrogens is 267 g/mol. The van der Waals surface area contributed by atoms with E-state index in [4.69, 9.17) is 0 Å². The first kappa shape index (κ1) is 12.7. The van der Waals surface area contributed by atoms with E-state index in [1.807, 2.05) is 0 Å². The highest BCUT2D eigenvalue weighted by Gasteiger charge is 2.31. The second kappa shape index (κ2) is 4.33. The molecule has 0 atom stereocenters. The van der Waals surface area contributed by atoms with Crippen molar-refractivity contribution in [3.63, 3.8) is 0 Å². The summed E-state index contributed by atoms with van der Waals surface area (Å²) in [7, 11) is 1.78. The van der Waals surface area contributed by atoms with Gasteiger partial charge in [-0.25, -0.2) is 4.98 Å². The molecule has 0 aliphatic rings. The molecule has 20 heavy (non-hydrogen) atoms. The zero-order valence-corrected chi connectivity index (χ0v) is 10.5. The van der Waals surface area contributed by atoms with Crippen molar-refractivity contribution < 1.29 is 13.2 Å². The fourth-order valence-electron chi connectivity index (χ4n) is 2.14. The summed E-state index contributed by atoms with van der Waals surface area (Å²) in [6, 6.07) is 7.12. The molecule has 102 valence electrons. The molecule has 2 aromatic heterocycles. The van der Waals surface area contributed by atoms with Crippen LogP contribution in [0.5, 0.6) is 0 Å². The van der Waals surface area contributed by atoms with Gasteiger partial charge >= 0.3 is 6.18 Å². The Balaban J connectivity index is 2.20. The SMILES string of the molecule is Cn1c(-c2ccncc2)nc2cc(C(F)(F)F)ccc21. The number of benzene rings is 1. The monoisotopic (exact) mass is 277 g/mol. The zero-order valence-electron chi connectivity index (χ0n) is 10.5. The summed E-state index contributed by atoms with van der Waals surface area (Å²) < 4.78 is 39.9. The molecule has 3 rings (SSSR count). The van der Waals surface area contributed by atoms with Crippen molar-refractivity contribution in [1.82, 2.24) is 14.5 Å². The Morgan fingerprint density at radius 2 is 1.75 bits per heavy atom. The van der Waals surface area contributed by atoms with E-state index in [0.29, 0.717) is 16.9 Å². The van der Waals surface area contributed by atoms with Crippen LogP contribution in [0.1, 0.15) is 5.56 Å². The molecule has 0 spiro atoms. The number of alkyl halides is 3. The molecule has 1 aromatic carbocycles. The van der Waals surface area contributed by atoms with Crippen LogP contribution in [0.25, 0.3) is 22.4 Å². The quantitative estimate of drug-likeness (QED) is 0.679. The molecule has 0 aliphatic heterocycles. The van der Waals surface area contributed by atoms with Gasteiger partial charge in [0, 0.05) is 25.0 Å². The number of rotatable bonds is 1. The molecule has 2 heterocycles. The minimum atomic E-state index is -4.36. The van der Waals surface area contributed by atoms with Crippen LogP contribution in [0.3, 0.4) is 0 Å². The minimum absolute atomic E-state index is 0.328. The number of imidazole rings is 1.